The molecule has 1 amide bonds. The first kappa shape index (κ1) is 15.6. The number of rotatable bonds is 10. The first-order valence-corrected chi connectivity index (χ1v) is 7.60. The predicted octanol–water partition coefficient (Wildman–Crippen LogP) is 1.85. The average Bonchev–Trinajstić information content (AvgIpc) is 3.29. The van der Waals surface area contributed by atoms with E-state index in [2.05, 4.69) is 12.2 Å². The summed E-state index contributed by atoms with van der Waals surface area (Å²) < 4.78 is 11.4. The van der Waals surface area contributed by atoms with Crippen molar-refractivity contribution in [2.75, 3.05) is 13.2 Å². The Hall–Kier alpha value is -1.75. The van der Waals surface area contributed by atoms with Gasteiger partial charge >= 0.3 is 0 Å². The van der Waals surface area contributed by atoms with Gasteiger partial charge in [-0.15, -0.1) is 0 Å². The Kier molecular flexibility index (Phi) is 5.87. The van der Waals surface area contributed by atoms with Crippen LogP contribution in [-0.2, 0) is 4.79 Å². The normalized spacial score (nSPS) is 15.5. The van der Waals surface area contributed by atoms with E-state index in [1.165, 1.54) is 0 Å². The minimum absolute atomic E-state index is 0.318. The molecule has 1 aliphatic rings. The molecule has 2 rings (SSSR count). The van der Waals surface area contributed by atoms with Crippen LogP contribution in [0, 0.1) is 0 Å². The molecule has 0 aliphatic heterocycles. The van der Waals surface area contributed by atoms with Gasteiger partial charge in [0.25, 0.3) is 0 Å². The number of primary amides is 1. The van der Waals surface area contributed by atoms with Gasteiger partial charge in [0, 0.05) is 12.5 Å². The molecule has 5 heteroatoms. The van der Waals surface area contributed by atoms with Gasteiger partial charge in [-0.1, -0.05) is 19.1 Å². The molecule has 0 bridgehead atoms. The second kappa shape index (κ2) is 7.88. The van der Waals surface area contributed by atoms with E-state index in [1.54, 1.807) is 0 Å². The van der Waals surface area contributed by atoms with Crippen molar-refractivity contribution < 1.29 is 14.3 Å². The Labute approximate surface area is 125 Å². The molecule has 5 nitrogen and oxygen atoms in total. The molecule has 1 unspecified atom stereocenters. The number of para-hydroxylation sites is 2. The van der Waals surface area contributed by atoms with E-state index in [-0.39, 0.29) is 11.9 Å². The Morgan fingerprint density at radius 1 is 1.29 bits per heavy atom. The molecule has 1 aromatic rings. The van der Waals surface area contributed by atoms with Gasteiger partial charge in [-0.25, -0.2) is 0 Å². The molecule has 116 valence electrons. The van der Waals surface area contributed by atoms with Gasteiger partial charge in [0.2, 0.25) is 5.91 Å². The molecule has 0 spiro atoms. The zero-order valence-electron chi connectivity index (χ0n) is 12.5. The largest absolute Gasteiger partial charge is 0.490 e. The van der Waals surface area contributed by atoms with Crippen LogP contribution in [0.15, 0.2) is 24.3 Å². The fourth-order valence-corrected chi connectivity index (χ4v) is 2.03. The number of carbonyl (C=O) groups is 1. The summed E-state index contributed by atoms with van der Waals surface area (Å²) in [6, 6.07) is 7.71. The van der Waals surface area contributed by atoms with Crippen LogP contribution in [0.4, 0.5) is 0 Å². The van der Waals surface area contributed by atoms with Crippen LogP contribution in [0.1, 0.15) is 32.6 Å². The highest BCUT2D eigenvalue weighted by Gasteiger charge is 2.27. The minimum Gasteiger partial charge on any atom is -0.490 e. The number of nitrogens with one attached hydrogen (secondary N) is 1. The summed E-state index contributed by atoms with van der Waals surface area (Å²) >= 11 is 0. The van der Waals surface area contributed by atoms with Crippen molar-refractivity contribution in [1.29, 1.82) is 0 Å². The minimum atomic E-state index is -0.319. The molecule has 1 atom stereocenters. The van der Waals surface area contributed by atoms with Crippen LogP contribution in [-0.4, -0.2) is 31.2 Å². The topological polar surface area (TPSA) is 73.6 Å². The maximum absolute atomic E-state index is 11.4. The molecule has 1 fully saturated rings. The average molecular weight is 292 g/mol. The van der Waals surface area contributed by atoms with E-state index >= 15 is 0 Å². The molecule has 0 aromatic heterocycles. The number of ether oxygens (including phenoxy) is 2. The zero-order valence-corrected chi connectivity index (χ0v) is 12.5. The Balaban J connectivity index is 1.82. The fraction of sp³-hybridized carbons (Fsp3) is 0.562. The Morgan fingerprint density at radius 2 is 1.90 bits per heavy atom. The van der Waals surface area contributed by atoms with E-state index in [0.29, 0.717) is 31.4 Å². The molecule has 1 aromatic carbocycles. The van der Waals surface area contributed by atoms with Crippen molar-refractivity contribution in [3.8, 4) is 11.5 Å². The lowest BCUT2D eigenvalue weighted by atomic mass is 10.2. The Bertz CT molecular complexity index is 461. The maximum atomic E-state index is 11.4. The summed E-state index contributed by atoms with van der Waals surface area (Å²) in [5.74, 6) is 1.13. The van der Waals surface area contributed by atoms with Crippen LogP contribution >= 0.6 is 0 Å². The van der Waals surface area contributed by atoms with Gasteiger partial charge in [-0.2, -0.15) is 0 Å². The molecule has 1 saturated carbocycles. The molecular formula is C16H24N2O3. The van der Waals surface area contributed by atoms with Gasteiger partial charge in [-0.3, -0.25) is 4.79 Å². The molecule has 21 heavy (non-hydrogen) atoms. The first-order valence-electron chi connectivity index (χ1n) is 7.60. The third kappa shape index (κ3) is 5.27. The van der Waals surface area contributed by atoms with Gasteiger partial charge < -0.3 is 20.5 Å². The summed E-state index contributed by atoms with van der Waals surface area (Å²) in [5, 5.41) is 3.24. The quantitative estimate of drug-likeness (QED) is 0.690. The smallest absolute Gasteiger partial charge is 0.234 e. The summed E-state index contributed by atoms with van der Waals surface area (Å²) in [6.07, 6.45) is 3.76. The summed E-state index contributed by atoms with van der Waals surface area (Å²) in [6.45, 7) is 3.15. The van der Waals surface area contributed by atoms with Crippen molar-refractivity contribution in [2.45, 2.75) is 44.7 Å². The number of benzene rings is 1. The number of nitrogens with two attached hydrogens (primary N) is 1. The monoisotopic (exact) mass is 292 g/mol. The first-order chi connectivity index (χ1) is 10.2. The predicted molar refractivity (Wildman–Crippen MR) is 81.5 cm³/mol. The van der Waals surface area contributed by atoms with Crippen molar-refractivity contribution >= 4 is 5.91 Å². The van der Waals surface area contributed by atoms with E-state index in [9.17, 15) is 4.79 Å². The lowest BCUT2D eigenvalue weighted by Gasteiger charge is -2.16. The third-order valence-corrected chi connectivity index (χ3v) is 3.33. The number of hydrogen-bond donors (Lipinski definition) is 2. The lowest BCUT2D eigenvalue weighted by molar-refractivity contribution is -0.120. The Morgan fingerprint density at radius 3 is 2.43 bits per heavy atom. The molecule has 1 aliphatic carbocycles. The maximum Gasteiger partial charge on any atom is 0.234 e. The highest BCUT2D eigenvalue weighted by Crippen LogP contribution is 2.27. The standard InChI is InChI=1S/C16H24N2O3/c1-2-10-20-14-5-3-4-6-15(14)21-11-9-13(16(17)19)18-12-7-8-12/h3-6,12-13,18H,2,7-11H2,1H3,(H2,17,19). The van der Waals surface area contributed by atoms with Crippen molar-refractivity contribution in [3.63, 3.8) is 0 Å². The van der Waals surface area contributed by atoms with Gasteiger partial charge in [0.1, 0.15) is 0 Å². The SMILES string of the molecule is CCCOc1ccccc1OCCC(NC1CC1)C(N)=O. The lowest BCUT2D eigenvalue weighted by Crippen LogP contribution is -2.43. The van der Waals surface area contributed by atoms with Crippen LogP contribution in [0.3, 0.4) is 0 Å². The molecule has 3 N–H and O–H groups in total. The van der Waals surface area contributed by atoms with E-state index < -0.39 is 0 Å². The number of hydrogen-bond acceptors (Lipinski definition) is 4. The van der Waals surface area contributed by atoms with Crippen LogP contribution in [0.5, 0.6) is 11.5 Å². The highest BCUT2D eigenvalue weighted by atomic mass is 16.5. The zero-order chi connectivity index (χ0) is 15.1. The van der Waals surface area contributed by atoms with E-state index in [1.807, 2.05) is 24.3 Å². The molecule has 0 saturated heterocycles. The van der Waals surface area contributed by atoms with Crippen molar-refractivity contribution in [3.05, 3.63) is 24.3 Å². The summed E-state index contributed by atoms with van der Waals surface area (Å²) in [4.78, 5) is 11.4. The van der Waals surface area contributed by atoms with Gasteiger partial charge in [-0.05, 0) is 31.4 Å². The molecular weight excluding hydrogens is 268 g/mol. The van der Waals surface area contributed by atoms with Crippen LogP contribution in [0.25, 0.3) is 0 Å². The highest BCUT2D eigenvalue weighted by molar-refractivity contribution is 5.79. The van der Waals surface area contributed by atoms with E-state index in [4.69, 9.17) is 15.2 Å². The number of amides is 1. The summed E-state index contributed by atoms with van der Waals surface area (Å²) in [5.41, 5.74) is 5.41. The third-order valence-electron chi connectivity index (χ3n) is 3.33. The second-order valence-electron chi connectivity index (χ2n) is 5.33. The molecule has 0 radical (unpaired) electrons. The van der Waals surface area contributed by atoms with Crippen LogP contribution < -0.4 is 20.5 Å². The van der Waals surface area contributed by atoms with E-state index in [0.717, 1.165) is 25.0 Å². The summed E-state index contributed by atoms with van der Waals surface area (Å²) in [7, 11) is 0. The van der Waals surface area contributed by atoms with Crippen LogP contribution in [0.2, 0.25) is 0 Å². The van der Waals surface area contributed by atoms with Crippen molar-refractivity contribution in [1.82, 2.24) is 5.32 Å². The fourth-order valence-electron chi connectivity index (χ4n) is 2.03. The van der Waals surface area contributed by atoms with Crippen molar-refractivity contribution in [2.24, 2.45) is 5.73 Å². The van der Waals surface area contributed by atoms with Gasteiger partial charge in [0.05, 0.1) is 19.3 Å². The molecule has 0 heterocycles. The van der Waals surface area contributed by atoms with Gasteiger partial charge in [0.15, 0.2) is 11.5 Å². The number of carbonyl (C=O) groups excluding carboxylic acids is 1. The second-order valence-corrected chi connectivity index (χ2v) is 5.33.